The van der Waals surface area contributed by atoms with Gasteiger partial charge in [0.05, 0.1) is 25.4 Å². The molecule has 180 valence electrons. The smallest absolute Gasteiger partial charge is 0.221 e. The summed E-state index contributed by atoms with van der Waals surface area (Å²) in [6, 6.07) is 14.6. The number of methoxy groups -OCH3 is 1. The molecule has 0 bridgehead atoms. The minimum absolute atomic E-state index is 0. The normalized spacial score (nSPS) is 14.3. The Kier molecular flexibility index (Phi) is 10.8. The van der Waals surface area contributed by atoms with Crippen molar-refractivity contribution in [3.8, 4) is 5.75 Å². The summed E-state index contributed by atoms with van der Waals surface area (Å²) in [5.74, 6) is 1.25. The van der Waals surface area contributed by atoms with Crippen LogP contribution in [0.5, 0.6) is 5.75 Å². The zero-order valence-corrected chi connectivity index (χ0v) is 22.3. The summed E-state index contributed by atoms with van der Waals surface area (Å²) in [5, 5.41) is 9.66. The molecule has 1 fully saturated rings. The average molecular weight is 566 g/mol. The van der Waals surface area contributed by atoms with Crippen molar-refractivity contribution in [1.82, 2.24) is 10.6 Å². The highest BCUT2D eigenvalue weighted by atomic mass is 127. The molecule has 0 aromatic heterocycles. The molecular weight excluding hydrogens is 529 g/mol. The molecule has 1 aliphatic heterocycles. The van der Waals surface area contributed by atoms with Crippen molar-refractivity contribution in [1.29, 1.82) is 0 Å². The van der Waals surface area contributed by atoms with Crippen LogP contribution in [0.4, 0.5) is 11.4 Å². The van der Waals surface area contributed by atoms with Crippen molar-refractivity contribution in [3.05, 3.63) is 53.6 Å². The van der Waals surface area contributed by atoms with Crippen LogP contribution in [0, 0.1) is 0 Å². The van der Waals surface area contributed by atoms with E-state index in [0.717, 1.165) is 31.2 Å². The van der Waals surface area contributed by atoms with Gasteiger partial charge in [0.1, 0.15) is 5.75 Å². The maximum absolute atomic E-state index is 11.5. The third-order valence-corrected chi connectivity index (χ3v) is 5.53. The summed E-state index contributed by atoms with van der Waals surface area (Å²) >= 11 is 0. The zero-order chi connectivity index (χ0) is 22.9. The molecule has 7 nitrogen and oxygen atoms in total. The fourth-order valence-corrected chi connectivity index (χ4v) is 3.89. The van der Waals surface area contributed by atoms with E-state index in [1.54, 1.807) is 7.11 Å². The molecule has 0 radical (unpaired) electrons. The first-order valence-electron chi connectivity index (χ1n) is 11.3. The van der Waals surface area contributed by atoms with Crippen LogP contribution >= 0.6 is 24.0 Å². The van der Waals surface area contributed by atoms with Gasteiger partial charge < -0.3 is 25.6 Å². The van der Waals surface area contributed by atoms with Gasteiger partial charge in [-0.2, -0.15) is 0 Å². The topological polar surface area (TPSA) is 78.0 Å². The molecule has 2 aromatic rings. The largest absolute Gasteiger partial charge is 0.495 e. The predicted molar refractivity (Wildman–Crippen MR) is 147 cm³/mol. The standard InChI is InChI=1S/C25H35N5O2.HI/c1-5-26-25(27-17-20-11-12-24(32-4)23(15-20)29-19(3)31)28-18(2)21-9-8-10-22(16-21)30-13-6-7-14-30;/h8-12,15-16,18H,5-7,13-14,17H2,1-4H3,(H,29,31)(H2,26,27,28);1H. The number of aliphatic imine (C=N–C) groups is 1. The van der Waals surface area contributed by atoms with E-state index < -0.39 is 0 Å². The van der Waals surface area contributed by atoms with E-state index in [2.05, 4.69) is 59.0 Å². The molecule has 3 N–H and O–H groups in total. The summed E-state index contributed by atoms with van der Waals surface area (Å²) in [4.78, 5) is 18.7. The Hall–Kier alpha value is -2.49. The van der Waals surface area contributed by atoms with Crippen molar-refractivity contribution >= 4 is 47.2 Å². The SMILES string of the molecule is CCNC(=NCc1ccc(OC)c(NC(C)=O)c1)NC(C)c1cccc(N2CCCC2)c1.I. The van der Waals surface area contributed by atoms with Gasteiger partial charge in [-0.1, -0.05) is 18.2 Å². The second-order valence-corrected chi connectivity index (χ2v) is 8.07. The number of hydrogen-bond acceptors (Lipinski definition) is 4. The van der Waals surface area contributed by atoms with Crippen LogP contribution in [0.15, 0.2) is 47.5 Å². The summed E-state index contributed by atoms with van der Waals surface area (Å²) in [6.45, 7) is 9.21. The van der Waals surface area contributed by atoms with Gasteiger partial charge in [-0.25, -0.2) is 4.99 Å². The first-order chi connectivity index (χ1) is 15.5. The molecule has 1 saturated heterocycles. The molecule has 3 rings (SSSR count). The Morgan fingerprint density at radius 2 is 1.94 bits per heavy atom. The molecule has 0 saturated carbocycles. The summed E-state index contributed by atoms with van der Waals surface area (Å²) in [5.41, 5.74) is 4.16. The lowest BCUT2D eigenvalue weighted by atomic mass is 10.1. The number of anilines is 2. The highest BCUT2D eigenvalue weighted by molar-refractivity contribution is 14.0. The molecule has 0 aliphatic carbocycles. The van der Waals surface area contributed by atoms with Crippen LogP contribution in [-0.4, -0.2) is 38.6 Å². The number of benzene rings is 2. The summed E-state index contributed by atoms with van der Waals surface area (Å²) < 4.78 is 5.33. The Balaban J connectivity index is 0.00000385. The molecule has 0 spiro atoms. The van der Waals surface area contributed by atoms with Crippen LogP contribution in [0.1, 0.15) is 50.8 Å². The highest BCUT2D eigenvalue weighted by Gasteiger charge is 2.14. The van der Waals surface area contributed by atoms with Crippen molar-refractivity contribution in [2.75, 3.05) is 37.0 Å². The van der Waals surface area contributed by atoms with E-state index in [1.165, 1.54) is 31.0 Å². The quantitative estimate of drug-likeness (QED) is 0.246. The average Bonchev–Trinajstić information content (AvgIpc) is 3.32. The van der Waals surface area contributed by atoms with Crippen LogP contribution in [0.2, 0.25) is 0 Å². The van der Waals surface area contributed by atoms with E-state index in [-0.39, 0.29) is 35.9 Å². The summed E-state index contributed by atoms with van der Waals surface area (Å²) in [6.07, 6.45) is 2.54. The van der Waals surface area contributed by atoms with Crippen LogP contribution in [-0.2, 0) is 11.3 Å². The number of nitrogens with one attached hydrogen (secondary N) is 3. The molecule has 1 amide bonds. The fourth-order valence-electron chi connectivity index (χ4n) is 3.89. The third-order valence-electron chi connectivity index (χ3n) is 5.53. The van der Waals surface area contributed by atoms with Crippen LogP contribution in [0.3, 0.4) is 0 Å². The number of halogens is 1. The minimum Gasteiger partial charge on any atom is -0.495 e. The highest BCUT2D eigenvalue weighted by Crippen LogP contribution is 2.26. The van der Waals surface area contributed by atoms with Gasteiger partial charge >= 0.3 is 0 Å². The Morgan fingerprint density at radius 3 is 2.61 bits per heavy atom. The first kappa shape index (κ1) is 26.8. The maximum atomic E-state index is 11.5. The maximum Gasteiger partial charge on any atom is 0.221 e. The number of nitrogens with zero attached hydrogens (tertiary/aromatic N) is 2. The molecule has 33 heavy (non-hydrogen) atoms. The number of carbonyl (C=O) groups excluding carboxylic acids is 1. The number of hydrogen-bond donors (Lipinski definition) is 3. The molecule has 8 heteroatoms. The van der Waals surface area contributed by atoms with Crippen molar-refractivity contribution < 1.29 is 9.53 Å². The molecule has 1 aliphatic rings. The molecule has 2 aromatic carbocycles. The van der Waals surface area contributed by atoms with E-state index in [1.807, 2.05) is 18.2 Å². The first-order valence-corrected chi connectivity index (χ1v) is 11.3. The lowest BCUT2D eigenvalue weighted by Gasteiger charge is -2.22. The predicted octanol–water partition coefficient (Wildman–Crippen LogP) is 4.69. The van der Waals surface area contributed by atoms with E-state index in [0.29, 0.717) is 18.0 Å². The lowest BCUT2D eigenvalue weighted by molar-refractivity contribution is -0.114. The second kappa shape index (κ2) is 13.3. The van der Waals surface area contributed by atoms with Gasteiger partial charge in [-0.15, -0.1) is 24.0 Å². The van der Waals surface area contributed by atoms with Gasteiger partial charge in [0.25, 0.3) is 0 Å². The van der Waals surface area contributed by atoms with Crippen LogP contribution in [0.25, 0.3) is 0 Å². The van der Waals surface area contributed by atoms with E-state index in [4.69, 9.17) is 9.73 Å². The van der Waals surface area contributed by atoms with E-state index in [9.17, 15) is 4.79 Å². The van der Waals surface area contributed by atoms with Crippen molar-refractivity contribution in [2.24, 2.45) is 4.99 Å². The Morgan fingerprint density at radius 1 is 1.18 bits per heavy atom. The molecular formula is C25H36IN5O2. The minimum atomic E-state index is -0.135. The van der Waals surface area contributed by atoms with Crippen LogP contribution < -0.4 is 25.6 Å². The Bertz CT molecular complexity index is 944. The lowest BCUT2D eigenvalue weighted by Crippen LogP contribution is -2.38. The van der Waals surface area contributed by atoms with Crippen molar-refractivity contribution in [2.45, 2.75) is 46.2 Å². The molecule has 1 heterocycles. The van der Waals surface area contributed by atoms with Crippen molar-refractivity contribution in [3.63, 3.8) is 0 Å². The van der Waals surface area contributed by atoms with E-state index >= 15 is 0 Å². The molecule has 1 atom stereocenters. The number of rotatable bonds is 8. The van der Waals surface area contributed by atoms with Gasteiger partial charge in [-0.3, -0.25) is 4.79 Å². The number of amides is 1. The van der Waals surface area contributed by atoms with Gasteiger partial charge in [0.15, 0.2) is 5.96 Å². The van der Waals surface area contributed by atoms with Gasteiger partial charge in [-0.05, 0) is 62.1 Å². The van der Waals surface area contributed by atoms with Gasteiger partial charge in [0.2, 0.25) is 5.91 Å². The number of guanidine groups is 1. The number of ether oxygens (including phenoxy) is 1. The fraction of sp³-hybridized carbons (Fsp3) is 0.440. The summed E-state index contributed by atoms with van der Waals surface area (Å²) in [7, 11) is 1.59. The zero-order valence-electron chi connectivity index (χ0n) is 20.0. The third kappa shape index (κ3) is 7.80. The second-order valence-electron chi connectivity index (χ2n) is 8.07. The van der Waals surface area contributed by atoms with Gasteiger partial charge in [0, 0.05) is 32.2 Å². The monoisotopic (exact) mass is 565 g/mol. The molecule has 1 unspecified atom stereocenters. The number of carbonyl (C=O) groups is 1. The Labute approximate surface area is 214 Å².